The zero-order valence-electron chi connectivity index (χ0n) is 7.96. The summed E-state index contributed by atoms with van der Waals surface area (Å²) < 4.78 is 10.7. The molecule has 0 aromatic heterocycles. The van der Waals surface area contributed by atoms with Gasteiger partial charge in [-0.1, -0.05) is 11.6 Å². The molecule has 0 radical (unpaired) electrons. The van der Waals surface area contributed by atoms with Crippen molar-refractivity contribution in [1.29, 1.82) is 0 Å². The van der Waals surface area contributed by atoms with Crippen LogP contribution in [0.25, 0.3) is 0 Å². The average Bonchev–Trinajstić information content (AvgIpc) is 2.28. The Morgan fingerprint density at radius 1 is 1.40 bits per heavy atom. The number of carbonyl (C=O) groups excluding carboxylic acids is 1. The molecule has 5 heteroatoms. The number of benzene rings is 1. The summed E-state index contributed by atoms with van der Waals surface area (Å²) in [5.74, 6) is 0.703. The summed E-state index contributed by atoms with van der Waals surface area (Å²) >= 11 is 5.92. The van der Waals surface area contributed by atoms with E-state index in [-0.39, 0.29) is 12.3 Å². The van der Waals surface area contributed by atoms with Crippen LogP contribution in [0.1, 0.15) is 10.4 Å². The van der Waals surface area contributed by atoms with Crippen LogP contribution in [0.5, 0.6) is 11.5 Å². The third kappa shape index (κ3) is 1.78. The summed E-state index contributed by atoms with van der Waals surface area (Å²) in [6, 6.07) is 3.29. The summed E-state index contributed by atoms with van der Waals surface area (Å²) in [5.41, 5.74) is 5.62. The first kappa shape index (κ1) is 10.3. The molecule has 2 rings (SSSR count). The van der Waals surface area contributed by atoms with E-state index in [0.29, 0.717) is 35.3 Å². The molecule has 0 aliphatic carbocycles. The Hall–Kier alpha value is -1.26. The molecule has 0 fully saturated rings. The monoisotopic (exact) mass is 227 g/mol. The molecule has 0 atom stereocenters. The highest BCUT2D eigenvalue weighted by atomic mass is 35.5. The molecule has 1 aromatic carbocycles. The SMILES string of the molecule is NCC(=O)c1c(Cl)ccc2c1OCCO2. The maximum Gasteiger partial charge on any atom is 0.181 e. The van der Waals surface area contributed by atoms with E-state index in [1.165, 1.54) is 0 Å². The van der Waals surface area contributed by atoms with Gasteiger partial charge in [-0.25, -0.2) is 0 Å². The van der Waals surface area contributed by atoms with Gasteiger partial charge in [0.05, 0.1) is 17.1 Å². The van der Waals surface area contributed by atoms with Gasteiger partial charge in [-0.2, -0.15) is 0 Å². The third-order valence-corrected chi connectivity index (χ3v) is 2.44. The molecule has 0 saturated heterocycles. The van der Waals surface area contributed by atoms with Crippen molar-refractivity contribution in [2.75, 3.05) is 19.8 Å². The Morgan fingerprint density at radius 3 is 2.87 bits per heavy atom. The van der Waals surface area contributed by atoms with Crippen LogP contribution in [0.2, 0.25) is 5.02 Å². The fourth-order valence-corrected chi connectivity index (χ4v) is 1.71. The van der Waals surface area contributed by atoms with Crippen LogP contribution in [-0.4, -0.2) is 25.5 Å². The maximum absolute atomic E-state index is 11.6. The van der Waals surface area contributed by atoms with Gasteiger partial charge in [0.1, 0.15) is 13.2 Å². The van der Waals surface area contributed by atoms with Gasteiger partial charge in [0, 0.05) is 0 Å². The van der Waals surface area contributed by atoms with Crippen molar-refractivity contribution in [3.63, 3.8) is 0 Å². The van der Waals surface area contributed by atoms with E-state index in [9.17, 15) is 4.79 Å². The lowest BCUT2D eigenvalue weighted by molar-refractivity contribution is 0.0990. The lowest BCUT2D eigenvalue weighted by Crippen LogP contribution is -2.20. The number of hydrogen-bond acceptors (Lipinski definition) is 4. The molecule has 15 heavy (non-hydrogen) atoms. The standard InChI is InChI=1S/C10H10ClNO3/c11-6-1-2-8-10(15-4-3-14-8)9(6)7(13)5-12/h1-2H,3-5,12H2. The minimum atomic E-state index is -0.248. The molecule has 0 saturated carbocycles. The quantitative estimate of drug-likeness (QED) is 0.773. The zero-order valence-corrected chi connectivity index (χ0v) is 8.71. The first-order valence-electron chi connectivity index (χ1n) is 4.55. The van der Waals surface area contributed by atoms with Crippen molar-refractivity contribution >= 4 is 17.4 Å². The number of fused-ring (bicyclic) bond motifs is 1. The Bertz CT molecular complexity index is 406. The van der Waals surface area contributed by atoms with E-state index < -0.39 is 0 Å². The van der Waals surface area contributed by atoms with E-state index in [1.54, 1.807) is 12.1 Å². The number of ether oxygens (including phenoxy) is 2. The second-order valence-electron chi connectivity index (χ2n) is 3.07. The fourth-order valence-electron chi connectivity index (χ4n) is 1.45. The van der Waals surface area contributed by atoms with Crippen LogP contribution in [0.15, 0.2) is 12.1 Å². The second-order valence-corrected chi connectivity index (χ2v) is 3.48. The molecule has 4 nitrogen and oxygen atoms in total. The van der Waals surface area contributed by atoms with Crippen LogP contribution in [0.3, 0.4) is 0 Å². The van der Waals surface area contributed by atoms with Crippen molar-refractivity contribution in [2.45, 2.75) is 0 Å². The zero-order chi connectivity index (χ0) is 10.8. The van der Waals surface area contributed by atoms with Gasteiger partial charge in [0.2, 0.25) is 0 Å². The number of Topliss-reactive ketones (excluding diaryl/α,β-unsaturated/α-hetero) is 1. The average molecular weight is 228 g/mol. The molecule has 1 heterocycles. The van der Waals surface area contributed by atoms with Crippen LogP contribution in [-0.2, 0) is 0 Å². The highest BCUT2D eigenvalue weighted by molar-refractivity contribution is 6.34. The smallest absolute Gasteiger partial charge is 0.181 e. The summed E-state index contributed by atoms with van der Waals surface area (Å²) in [5, 5.41) is 0.342. The molecule has 1 aliphatic rings. The molecular weight excluding hydrogens is 218 g/mol. The molecule has 0 amide bonds. The minimum absolute atomic E-state index is 0.0977. The van der Waals surface area contributed by atoms with E-state index in [4.69, 9.17) is 26.8 Å². The topological polar surface area (TPSA) is 61.6 Å². The second kappa shape index (κ2) is 4.08. The third-order valence-electron chi connectivity index (χ3n) is 2.12. The Balaban J connectivity index is 2.55. The van der Waals surface area contributed by atoms with Crippen molar-refractivity contribution < 1.29 is 14.3 Å². The predicted molar refractivity (Wildman–Crippen MR) is 55.8 cm³/mol. The molecule has 0 bridgehead atoms. The molecule has 1 aliphatic heterocycles. The molecule has 80 valence electrons. The van der Waals surface area contributed by atoms with Crippen LogP contribution >= 0.6 is 11.6 Å². The number of rotatable bonds is 2. The normalized spacial score (nSPS) is 13.7. The Morgan fingerprint density at radius 2 is 2.13 bits per heavy atom. The van der Waals surface area contributed by atoms with Gasteiger partial charge in [-0.05, 0) is 12.1 Å². The van der Waals surface area contributed by atoms with Gasteiger partial charge < -0.3 is 15.2 Å². The van der Waals surface area contributed by atoms with Crippen molar-refractivity contribution in [2.24, 2.45) is 5.73 Å². The lowest BCUT2D eigenvalue weighted by atomic mass is 10.1. The minimum Gasteiger partial charge on any atom is -0.486 e. The fraction of sp³-hybridized carbons (Fsp3) is 0.300. The number of hydrogen-bond donors (Lipinski definition) is 1. The van der Waals surface area contributed by atoms with Crippen LogP contribution < -0.4 is 15.2 Å². The maximum atomic E-state index is 11.6. The van der Waals surface area contributed by atoms with Gasteiger partial charge in [-0.15, -0.1) is 0 Å². The summed E-state index contributed by atoms with van der Waals surface area (Å²) in [6.45, 7) is 0.794. The van der Waals surface area contributed by atoms with E-state index in [0.717, 1.165) is 0 Å². The van der Waals surface area contributed by atoms with Crippen molar-refractivity contribution in [1.82, 2.24) is 0 Å². The van der Waals surface area contributed by atoms with Gasteiger partial charge in [0.15, 0.2) is 17.3 Å². The van der Waals surface area contributed by atoms with E-state index in [1.807, 2.05) is 0 Å². The number of carbonyl (C=O) groups is 1. The van der Waals surface area contributed by atoms with E-state index >= 15 is 0 Å². The Labute approximate surface area is 91.9 Å². The summed E-state index contributed by atoms with van der Waals surface area (Å²) in [4.78, 5) is 11.6. The molecule has 0 spiro atoms. The number of ketones is 1. The number of nitrogens with two attached hydrogens (primary N) is 1. The molecule has 0 unspecified atom stereocenters. The Kier molecular flexibility index (Phi) is 2.79. The highest BCUT2D eigenvalue weighted by Crippen LogP contribution is 2.37. The largest absolute Gasteiger partial charge is 0.486 e. The first-order chi connectivity index (χ1) is 7.24. The van der Waals surface area contributed by atoms with Crippen molar-refractivity contribution in [3.8, 4) is 11.5 Å². The lowest BCUT2D eigenvalue weighted by Gasteiger charge is -2.21. The summed E-state index contributed by atoms with van der Waals surface area (Å²) in [7, 11) is 0. The molecular formula is C10H10ClNO3. The first-order valence-corrected chi connectivity index (χ1v) is 4.93. The number of halogens is 1. The predicted octanol–water partition coefficient (Wildman–Crippen LogP) is 1.25. The van der Waals surface area contributed by atoms with Crippen LogP contribution in [0.4, 0.5) is 0 Å². The van der Waals surface area contributed by atoms with Gasteiger partial charge in [0.25, 0.3) is 0 Å². The van der Waals surface area contributed by atoms with Gasteiger partial charge in [-0.3, -0.25) is 4.79 Å². The summed E-state index contributed by atoms with van der Waals surface area (Å²) in [6.07, 6.45) is 0. The van der Waals surface area contributed by atoms with Gasteiger partial charge >= 0.3 is 0 Å². The molecule has 2 N–H and O–H groups in total. The highest BCUT2D eigenvalue weighted by Gasteiger charge is 2.22. The van der Waals surface area contributed by atoms with Crippen molar-refractivity contribution in [3.05, 3.63) is 22.7 Å². The van der Waals surface area contributed by atoms with Crippen LogP contribution in [0, 0.1) is 0 Å². The van der Waals surface area contributed by atoms with E-state index in [2.05, 4.69) is 0 Å². The molecule has 1 aromatic rings.